The predicted molar refractivity (Wildman–Crippen MR) is 119 cm³/mol. The highest BCUT2D eigenvalue weighted by atomic mass is 19.4. The second-order valence-corrected chi connectivity index (χ2v) is 10.0. The molecule has 0 aliphatic heterocycles. The van der Waals surface area contributed by atoms with E-state index >= 15 is 0 Å². The van der Waals surface area contributed by atoms with Gasteiger partial charge in [0, 0.05) is 0 Å². The minimum absolute atomic E-state index is 0.321. The third-order valence-electron chi connectivity index (χ3n) is 7.77. The summed E-state index contributed by atoms with van der Waals surface area (Å²) in [6, 6.07) is 1.71. The lowest BCUT2D eigenvalue weighted by molar-refractivity contribution is -0.142. The van der Waals surface area contributed by atoms with Crippen LogP contribution in [0.1, 0.15) is 95.1 Å². The zero-order valence-electron chi connectivity index (χ0n) is 19.2. The summed E-state index contributed by atoms with van der Waals surface area (Å²) < 4.78 is 65.8. The monoisotopic (exact) mass is 456 g/mol. The van der Waals surface area contributed by atoms with Crippen LogP contribution in [0, 0.1) is 35.3 Å². The lowest BCUT2D eigenvalue weighted by atomic mass is 9.68. The van der Waals surface area contributed by atoms with Crippen molar-refractivity contribution >= 4 is 0 Å². The molecule has 0 unspecified atom stereocenters. The number of hydrogen-bond donors (Lipinski definition) is 0. The van der Waals surface area contributed by atoms with Crippen LogP contribution in [-0.2, 0) is 12.6 Å². The van der Waals surface area contributed by atoms with Gasteiger partial charge in [-0.2, -0.15) is 13.2 Å². The number of allylic oxidation sites excluding steroid dienone is 2. The zero-order chi connectivity index (χ0) is 23.1. The molecule has 5 heteroatoms. The average Bonchev–Trinajstić information content (AvgIpc) is 2.75. The molecule has 2 saturated carbocycles. The maximum Gasteiger partial charge on any atom is 0.422 e. The van der Waals surface area contributed by atoms with E-state index in [4.69, 9.17) is 0 Å². The first kappa shape index (κ1) is 25.2. The van der Waals surface area contributed by atoms with Gasteiger partial charge < -0.3 is 0 Å². The van der Waals surface area contributed by atoms with Crippen LogP contribution in [0.4, 0.5) is 22.0 Å². The number of alkyl halides is 3. The number of aryl methyl sites for hydroxylation is 1. The quantitative estimate of drug-likeness (QED) is 0.270. The molecule has 0 amide bonds. The van der Waals surface area contributed by atoms with Gasteiger partial charge in [-0.05, 0) is 106 Å². The van der Waals surface area contributed by atoms with E-state index in [1.165, 1.54) is 57.8 Å². The van der Waals surface area contributed by atoms with Crippen molar-refractivity contribution in [1.29, 1.82) is 0 Å². The fourth-order valence-corrected chi connectivity index (χ4v) is 5.83. The van der Waals surface area contributed by atoms with E-state index in [9.17, 15) is 22.0 Å². The van der Waals surface area contributed by atoms with Crippen LogP contribution in [0.2, 0.25) is 0 Å². The Labute approximate surface area is 189 Å². The van der Waals surface area contributed by atoms with Gasteiger partial charge >= 0.3 is 6.18 Å². The van der Waals surface area contributed by atoms with E-state index in [-0.39, 0.29) is 0 Å². The number of benzene rings is 1. The minimum atomic E-state index is -5.00. The van der Waals surface area contributed by atoms with Gasteiger partial charge in [0.2, 0.25) is 0 Å². The van der Waals surface area contributed by atoms with Crippen LogP contribution in [0.3, 0.4) is 0 Å². The van der Waals surface area contributed by atoms with Crippen molar-refractivity contribution < 1.29 is 22.0 Å². The van der Waals surface area contributed by atoms with Gasteiger partial charge in [0.15, 0.2) is 0 Å². The minimum Gasteiger partial charge on any atom is -0.206 e. The third kappa shape index (κ3) is 7.05. The first-order chi connectivity index (χ1) is 15.3. The molecule has 0 spiro atoms. The van der Waals surface area contributed by atoms with Crippen molar-refractivity contribution in [3.8, 4) is 0 Å². The number of unbranched alkanes of at least 4 members (excludes halogenated alkanes) is 1. The first-order valence-corrected chi connectivity index (χ1v) is 12.5. The first-order valence-electron chi connectivity index (χ1n) is 12.5. The zero-order valence-corrected chi connectivity index (χ0v) is 19.2. The molecule has 0 bridgehead atoms. The fourth-order valence-electron chi connectivity index (χ4n) is 5.83. The molecule has 32 heavy (non-hydrogen) atoms. The summed E-state index contributed by atoms with van der Waals surface area (Å²) in [4.78, 5) is 0. The van der Waals surface area contributed by atoms with E-state index in [2.05, 4.69) is 19.1 Å². The Bertz CT molecular complexity index is 712. The summed E-state index contributed by atoms with van der Waals surface area (Å²) in [6.45, 7) is 2.21. The molecule has 3 rings (SSSR count). The second-order valence-electron chi connectivity index (χ2n) is 10.0. The summed E-state index contributed by atoms with van der Waals surface area (Å²) in [5.41, 5.74) is -1.46. The summed E-state index contributed by atoms with van der Waals surface area (Å²) in [5.74, 6) is -0.0334. The topological polar surface area (TPSA) is 0 Å². The highest BCUT2D eigenvalue weighted by Gasteiger charge is 2.38. The van der Waals surface area contributed by atoms with Crippen molar-refractivity contribution in [3.63, 3.8) is 0 Å². The summed E-state index contributed by atoms with van der Waals surface area (Å²) in [6.07, 6.45) is 14.5. The maximum absolute atomic E-state index is 13.8. The molecule has 0 radical (unpaired) electrons. The van der Waals surface area contributed by atoms with Crippen LogP contribution in [0.25, 0.3) is 0 Å². The molecule has 0 atom stereocenters. The smallest absolute Gasteiger partial charge is 0.206 e. The van der Waals surface area contributed by atoms with Crippen molar-refractivity contribution in [2.24, 2.45) is 23.7 Å². The lowest BCUT2D eigenvalue weighted by Gasteiger charge is -2.38. The molecule has 2 aliphatic carbocycles. The Morgan fingerprint density at radius 3 is 1.84 bits per heavy atom. The average molecular weight is 457 g/mol. The van der Waals surface area contributed by atoms with Gasteiger partial charge in [-0.25, -0.2) is 8.78 Å². The van der Waals surface area contributed by atoms with Gasteiger partial charge in [0.05, 0.1) is 0 Å². The van der Waals surface area contributed by atoms with Crippen molar-refractivity contribution in [1.82, 2.24) is 0 Å². The van der Waals surface area contributed by atoms with Crippen LogP contribution in [-0.4, -0.2) is 0 Å². The molecule has 0 N–H and O–H groups in total. The molecular weight excluding hydrogens is 419 g/mol. The Kier molecular flexibility index (Phi) is 9.19. The Morgan fingerprint density at radius 2 is 1.34 bits per heavy atom. The molecule has 0 nitrogen and oxygen atoms in total. The molecule has 1 aromatic carbocycles. The summed E-state index contributed by atoms with van der Waals surface area (Å²) in [5, 5.41) is 0. The van der Waals surface area contributed by atoms with Gasteiger partial charge in [-0.3, -0.25) is 0 Å². The number of hydrogen-bond acceptors (Lipinski definition) is 0. The molecule has 2 fully saturated rings. The molecule has 0 saturated heterocycles. The van der Waals surface area contributed by atoms with E-state index in [0.29, 0.717) is 17.9 Å². The lowest BCUT2D eigenvalue weighted by Crippen LogP contribution is -2.26. The number of rotatable bonds is 8. The van der Waals surface area contributed by atoms with Crippen molar-refractivity contribution in [2.75, 3.05) is 0 Å². The van der Waals surface area contributed by atoms with E-state index in [0.717, 1.165) is 49.1 Å². The fraction of sp³-hybridized carbons (Fsp3) is 0.704. The van der Waals surface area contributed by atoms with E-state index in [1.54, 1.807) is 0 Å². The maximum atomic E-state index is 13.8. The highest BCUT2D eigenvalue weighted by molar-refractivity contribution is 5.28. The van der Waals surface area contributed by atoms with Crippen LogP contribution < -0.4 is 0 Å². The van der Waals surface area contributed by atoms with Crippen LogP contribution in [0.5, 0.6) is 0 Å². The summed E-state index contributed by atoms with van der Waals surface area (Å²) >= 11 is 0. The van der Waals surface area contributed by atoms with Gasteiger partial charge in [-0.1, -0.05) is 38.3 Å². The van der Waals surface area contributed by atoms with Crippen LogP contribution >= 0.6 is 0 Å². The number of halogens is 5. The Balaban J connectivity index is 1.40. The predicted octanol–water partition coefficient (Wildman–Crippen LogP) is 9.28. The summed E-state index contributed by atoms with van der Waals surface area (Å²) in [7, 11) is 0. The molecule has 0 aromatic heterocycles. The van der Waals surface area contributed by atoms with Crippen LogP contribution in [0.15, 0.2) is 24.3 Å². The van der Waals surface area contributed by atoms with E-state index in [1.807, 2.05) is 0 Å². The van der Waals surface area contributed by atoms with Gasteiger partial charge in [0.1, 0.15) is 17.2 Å². The molecular formula is C27H37F5. The molecule has 2 aliphatic rings. The van der Waals surface area contributed by atoms with Crippen molar-refractivity contribution in [2.45, 2.75) is 96.6 Å². The Morgan fingerprint density at radius 1 is 0.812 bits per heavy atom. The SMILES string of the molecule is CCC/C=C/CC1CCC(C2CCC(CCc3cc(F)c(C(F)(F)F)c(F)c3)CC2)CC1. The standard InChI is InChI=1S/C27H37F5/c1-2-3-4-5-6-19-9-13-22(14-10-19)23-15-11-20(12-16-23)7-8-21-17-24(28)26(25(29)18-21)27(30,31)32/h4-5,17-20,22-23H,2-3,6-16H2,1H3/b5-4+. The molecule has 0 heterocycles. The van der Waals surface area contributed by atoms with Gasteiger partial charge in [-0.15, -0.1) is 0 Å². The van der Waals surface area contributed by atoms with Crippen molar-refractivity contribution in [3.05, 3.63) is 47.0 Å². The van der Waals surface area contributed by atoms with E-state index < -0.39 is 23.4 Å². The highest BCUT2D eigenvalue weighted by Crippen LogP contribution is 2.43. The second kappa shape index (κ2) is 11.7. The normalized spacial score (nSPS) is 27.2. The third-order valence-corrected chi connectivity index (χ3v) is 7.77. The van der Waals surface area contributed by atoms with Gasteiger partial charge in [0.25, 0.3) is 0 Å². The largest absolute Gasteiger partial charge is 0.422 e. The molecule has 180 valence electrons. The Hall–Kier alpha value is -1.39. The molecule has 1 aromatic rings.